The minimum atomic E-state index is -0.324. The lowest BCUT2D eigenvalue weighted by Crippen LogP contribution is -2.25. The molecule has 0 bridgehead atoms. The van der Waals surface area contributed by atoms with Gasteiger partial charge in [-0.2, -0.15) is 0 Å². The van der Waals surface area contributed by atoms with Crippen molar-refractivity contribution in [2.24, 2.45) is 0 Å². The number of carbonyl (C=O) groups is 1. The van der Waals surface area contributed by atoms with Crippen molar-refractivity contribution in [2.75, 3.05) is 6.26 Å². The van der Waals surface area contributed by atoms with Crippen molar-refractivity contribution in [3.05, 3.63) is 58.1 Å². The van der Waals surface area contributed by atoms with Crippen LogP contribution in [0.5, 0.6) is 0 Å². The number of thiazole rings is 1. The predicted octanol–water partition coefficient (Wildman–Crippen LogP) is 4.24. The van der Waals surface area contributed by atoms with Gasteiger partial charge in [0, 0.05) is 17.0 Å². The van der Waals surface area contributed by atoms with Crippen LogP contribution in [0.1, 0.15) is 41.0 Å². The molecule has 2 aromatic heterocycles. The molecule has 1 N–H and O–H groups in total. The van der Waals surface area contributed by atoms with Gasteiger partial charge in [-0.15, -0.1) is 11.3 Å². The van der Waals surface area contributed by atoms with Gasteiger partial charge in [0.15, 0.2) is 5.16 Å². The van der Waals surface area contributed by atoms with Crippen molar-refractivity contribution in [3.8, 4) is 5.69 Å². The van der Waals surface area contributed by atoms with Crippen LogP contribution >= 0.6 is 23.1 Å². The van der Waals surface area contributed by atoms with Gasteiger partial charge in [-0.25, -0.2) is 14.4 Å². The molecule has 8 heteroatoms. The fraction of sp³-hybridized carbons (Fsp3) is 0.278. The van der Waals surface area contributed by atoms with Crippen molar-refractivity contribution in [3.63, 3.8) is 0 Å². The van der Waals surface area contributed by atoms with Crippen LogP contribution in [0.3, 0.4) is 0 Å². The Kier molecular flexibility index (Phi) is 5.73. The number of benzene rings is 1. The van der Waals surface area contributed by atoms with Crippen molar-refractivity contribution in [2.45, 2.75) is 31.5 Å². The summed E-state index contributed by atoms with van der Waals surface area (Å²) in [5, 5.41) is 6.56. The van der Waals surface area contributed by atoms with Crippen LogP contribution in [-0.4, -0.2) is 26.7 Å². The zero-order valence-electron chi connectivity index (χ0n) is 14.7. The lowest BCUT2D eigenvalue weighted by Gasteiger charge is -2.11. The van der Waals surface area contributed by atoms with E-state index in [1.165, 1.54) is 30.1 Å². The smallest absolute Gasteiger partial charge is 0.270 e. The maximum atomic E-state index is 13.2. The molecule has 5 nitrogen and oxygen atoms in total. The number of nitrogens with zero attached hydrogens (tertiary/aromatic N) is 3. The zero-order valence-corrected chi connectivity index (χ0v) is 16.3. The Labute approximate surface area is 159 Å². The lowest BCUT2D eigenvalue weighted by atomic mass is 10.2. The first-order valence-corrected chi connectivity index (χ1v) is 10.2. The Balaban J connectivity index is 1.80. The number of hydrogen-bond acceptors (Lipinski definition) is 5. The van der Waals surface area contributed by atoms with E-state index in [0.717, 1.165) is 10.7 Å². The van der Waals surface area contributed by atoms with Crippen molar-refractivity contribution in [1.29, 1.82) is 0 Å². The van der Waals surface area contributed by atoms with Crippen LogP contribution in [0, 0.1) is 5.82 Å². The SMILES string of the molecule is CSc1ncc(C(=O)NCc2csc(C(C)C)n2)n1-c1ccc(F)cc1. The number of rotatable bonds is 6. The second kappa shape index (κ2) is 8.01. The highest BCUT2D eigenvalue weighted by atomic mass is 32.2. The number of hydrogen-bond donors (Lipinski definition) is 1. The van der Waals surface area contributed by atoms with Gasteiger partial charge >= 0.3 is 0 Å². The molecular weight excluding hydrogens is 371 g/mol. The van der Waals surface area contributed by atoms with Gasteiger partial charge in [0.2, 0.25) is 0 Å². The van der Waals surface area contributed by atoms with E-state index in [9.17, 15) is 9.18 Å². The average molecular weight is 391 g/mol. The number of nitrogens with one attached hydrogen (secondary N) is 1. The summed E-state index contributed by atoms with van der Waals surface area (Å²) in [5.74, 6) is -0.204. The molecule has 1 amide bonds. The molecule has 0 aliphatic rings. The second-order valence-corrected chi connectivity index (χ2v) is 7.62. The summed E-state index contributed by atoms with van der Waals surface area (Å²) in [4.78, 5) is 21.5. The van der Waals surface area contributed by atoms with E-state index in [-0.39, 0.29) is 11.7 Å². The summed E-state index contributed by atoms with van der Waals surface area (Å²) in [7, 11) is 0. The third-order valence-electron chi connectivity index (χ3n) is 3.72. The molecule has 0 aliphatic heterocycles. The van der Waals surface area contributed by atoms with Gasteiger partial charge in [-0.3, -0.25) is 9.36 Å². The summed E-state index contributed by atoms with van der Waals surface area (Å²) in [5.41, 5.74) is 1.93. The first kappa shape index (κ1) is 18.6. The fourth-order valence-corrected chi connectivity index (χ4v) is 3.79. The van der Waals surface area contributed by atoms with Crippen LogP contribution < -0.4 is 5.32 Å². The Morgan fingerprint density at radius 1 is 1.35 bits per heavy atom. The van der Waals surface area contributed by atoms with E-state index < -0.39 is 0 Å². The van der Waals surface area contributed by atoms with E-state index in [1.807, 2.05) is 11.6 Å². The van der Waals surface area contributed by atoms with Gasteiger partial charge in [-0.05, 0) is 30.5 Å². The minimum absolute atomic E-state index is 0.249. The molecule has 0 atom stereocenters. The fourth-order valence-electron chi connectivity index (χ4n) is 2.41. The zero-order chi connectivity index (χ0) is 18.7. The molecular formula is C18H19FN4OS2. The van der Waals surface area contributed by atoms with Crippen LogP contribution in [0.25, 0.3) is 5.69 Å². The molecule has 3 rings (SSSR count). The molecule has 26 heavy (non-hydrogen) atoms. The largest absolute Gasteiger partial charge is 0.345 e. The van der Waals surface area contributed by atoms with Crippen LogP contribution in [0.4, 0.5) is 4.39 Å². The molecule has 0 fully saturated rings. The number of amides is 1. The molecule has 0 saturated carbocycles. The van der Waals surface area contributed by atoms with Gasteiger partial charge in [-0.1, -0.05) is 25.6 Å². The molecule has 3 aromatic rings. The monoisotopic (exact) mass is 390 g/mol. The molecule has 0 saturated heterocycles. The number of halogens is 1. The van der Waals surface area contributed by atoms with Crippen molar-refractivity contribution >= 4 is 29.0 Å². The Bertz CT molecular complexity index is 902. The van der Waals surface area contributed by atoms with Crippen LogP contribution in [0.15, 0.2) is 41.0 Å². The summed E-state index contributed by atoms with van der Waals surface area (Å²) in [6.07, 6.45) is 3.41. The molecule has 0 aliphatic carbocycles. The summed E-state index contributed by atoms with van der Waals surface area (Å²) >= 11 is 3.02. The van der Waals surface area contributed by atoms with Gasteiger partial charge in [0.05, 0.1) is 23.4 Å². The summed E-state index contributed by atoms with van der Waals surface area (Å²) in [6, 6.07) is 5.99. The van der Waals surface area contributed by atoms with E-state index in [1.54, 1.807) is 28.0 Å². The Morgan fingerprint density at radius 2 is 2.08 bits per heavy atom. The molecule has 0 unspecified atom stereocenters. The third-order valence-corrected chi connectivity index (χ3v) is 5.57. The number of thioether (sulfide) groups is 1. The second-order valence-electron chi connectivity index (χ2n) is 5.96. The first-order valence-electron chi connectivity index (χ1n) is 8.09. The van der Waals surface area contributed by atoms with E-state index >= 15 is 0 Å². The number of imidazole rings is 1. The minimum Gasteiger partial charge on any atom is -0.345 e. The standard InChI is InChI=1S/C18H19FN4OS2/c1-11(2)17-22-13(10-26-17)8-20-16(24)15-9-21-18(25-3)23(15)14-6-4-12(19)5-7-14/h4-7,9-11H,8H2,1-3H3,(H,20,24). The van der Waals surface area contributed by atoms with E-state index in [2.05, 4.69) is 29.1 Å². The number of carbonyl (C=O) groups excluding carboxylic acids is 1. The highest BCUT2D eigenvalue weighted by Crippen LogP contribution is 2.22. The maximum absolute atomic E-state index is 13.2. The maximum Gasteiger partial charge on any atom is 0.270 e. The molecule has 1 aromatic carbocycles. The van der Waals surface area contributed by atoms with Crippen molar-refractivity contribution in [1.82, 2.24) is 19.9 Å². The number of aromatic nitrogens is 3. The van der Waals surface area contributed by atoms with Crippen LogP contribution in [-0.2, 0) is 6.54 Å². The topological polar surface area (TPSA) is 59.8 Å². The van der Waals surface area contributed by atoms with E-state index in [0.29, 0.717) is 29.0 Å². The first-order chi connectivity index (χ1) is 12.5. The van der Waals surface area contributed by atoms with Crippen LogP contribution in [0.2, 0.25) is 0 Å². The molecule has 0 spiro atoms. The average Bonchev–Trinajstić information content (AvgIpc) is 3.27. The highest BCUT2D eigenvalue weighted by Gasteiger charge is 2.18. The van der Waals surface area contributed by atoms with Gasteiger partial charge < -0.3 is 5.32 Å². The summed E-state index contributed by atoms with van der Waals surface area (Å²) in [6.45, 7) is 4.53. The molecule has 0 radical (unpaired) electrons. The van der Waals surface area contributed by atoms with Gasteiger partial charge in [0.1, 0.15) is 11.5 Å². The van der Waals surface area contributed by atoms with Crippen molar-refractivity contribution < 1.29 is 9.18 Å². The Morgan fingerprint density at radius 3 is 2.69 bits per heavy atom. The lowest BCUT2D eigenvalue weighted by molar-refractivity contribution is 0.0943. The normalized spacial score (nSPS) is 11.1. The predicted molar refractivity (Wildman–Crippen MR) is 103 cm³/mol. The highest BCUT2D eigenvalue weighted by molar-refractivity contribution is 7.98. The third kappa shape index (κ3) is 3.96. The Hall–Kier alpha value is -2.19. The van der Waals surface area contributed by atoms with E-state index in [4.69, 9.17) is 0 Å². The van der Waals surface area contributed by atoms with Gasteiger partial charge in [0.25, 0.3) is 5.91 Å². The molecule has 136 valence electrons. The summed E-state index contributed by atoms with van der Waals surface area (Å²) < 4.78 is 14.9. The molecule has 2 heterocycles. The quantitative estimate of drug-likeness (QED) is 0.640.